The van der Waals surface area contributed by atoms with Gasteiger partial charge < -0.3 is 10.5 Å². The van der Waals surface area contributed by atoms with E-state index in [1.165, 1.54) is 0 Å². The van der Waals surface area contributed by atoms with Gasteiger partial charge in [-0.25, -0.2) is 0 Å². The van der Waals surface area contributed by atoms with Gasteiger partial charge in [0, 0.05) is 14.5 Å². The van der Waals surface area contributed by atoms with Gasteiger partial charge in [-0.05, 0) is 12.1 Å². The van der Waals surface area contributed by atoms with Gasteiger partial charge in [-0.2, -0.15) is 0 Å². The lowest BCUT2D eigenvalue weighted by Crippen LogP contribution is -2.16. The van der Waals surface area contributed by atoms with Gasteiger partial charge in [0.1, 0.15) is 6.61 Å². The predicted octanol–water partition coefficient (Wildman–Crippen LogP) is 2.21. The van der Waals surface area contributed by atoms with Crippen LogP contribution in [-0.2, 0) is 16.1 Å². The van der Waals surface area contributed by atoms with Gasteiger partial charge in [-0.3, -0.25) is 4.79 Å². The minimum atomic E-state index is -0.410. The van der Waals surface area contributed by atoms with Crippen molar-refractivity contribution in [2.24, 2.45) is 5.73 Å². The van der Waals surface area contributed by atoms with Gasteiger partial charge in [-0.1, -0.05) is 37.9 Å². The van der Waals surface area contributed by atoms with E-state index in [2.05, 4.69) is 31.9 Å². The quantitative estimate of drug-likeness (QED) is 0.868. The van der Waals surface area contributed by atoms with Crippen molar-refractivity contribution in [1.29, 1.82) is 0 Å². The highest BCUT2D eigenvalue weighted by Gasteiger charge is 2.06. The topological polar surface area (TPSA) is 52.3 Å². The number of carbonyl (C=O) groups excluding carboxylic acids is 1. The van der Waals surface area contributed by atoms with Crippen molar-refractivity contribution in [3.05, 3.63) is 32.7 Å². The lowest BCUT2D eigenvalue weighted by atomic mass is 10.2. The number of nitrogens with two attached hydrogens (primary N) is 1. The first-order valence-corrected chi connectivity index (χ1v) is 5.52. The second kappa shape index (κ2) is 5.48. The van der Waals surface area contributed by atoms with Gasteiger partial charge in [-0.15, -0.1) is 0 Å². The van der Waals surface area contributed by atoms with Crippen molar-refractivity contribution < 1.29 is 9.53 Å². The molecular weight excluding hydrogens is 314 g/mol. The minimum absolute atomic E-state index is 0.0952. The number of benzene rings is 1. The summed E-state index contributed by atoms with van der Waals surface area (Å²) in [5, 5.41) is 0. The van der Waals surface area contributed by atoms with Crippen molar-refractivity contribution in [1.82, 2.24) is 0 Å². The number of carbonyl (C=O) groups is 1. The van der Waals surface area contributed by atoms with Crippen molar-refractivity contribution in [3.8, 4) is 0 Å². The fourth-order valence-corrected chi connectivity index (χ4v) is 2.11. The maximum atomic E-state index is 10.8. The van der Waals surface area contributed by atoms with E-state index in [-0.39, 0.29) is 13.2 Å². The van der Waals surface area contributed by atoms with Crippen LogP contribution in [0.3, 0.4) is 0 Å². The lowest BCUT2D eigenvalue weighted by Gasteiger charge is -2.07. The Morgan fingerprint density at radius 3 is 2.43 bits per heavy atom. The van der Waals surface area contributed by atoms with Crippen molar-refractivity contribution in [2.45, 2.75) is 6.61 Å². The maximum absolute atomic E-state index is 10.8. The third-order valence-electron chi connectivity index (χ3n) is 1.61. The van der Waals surface area contributed by atoms with Crippen LogP contribution in [0.15, 0.2) is 27.1 Å². The fraction of sp³-hybridized carbons (Fsp3) is 0.222. The summed E-state index contributed by atoms with van der Waals surface area (Å²) in [4.78, 5) is 10.8. The molecule has 14 heavy (non-hydrogen) atoms. The third-order valence-corrected chi connectivity index (χ3v) is 3.09. The van der Waals surface area contributed by atoms with E-state index in [4.69, 9.17) is 10.5 Å². The highest BCUT2D eigenvalue weighted by atomic mass is 79.9. The molecule has 0 saturated carbocycles. The molecule has 1 aromatic rings. The number of ether oxygens (including phenoxy) is 1. The van der Waals surface area contributed by atoms with E-state index in [1.807, 2.05) is 18.2 Å². The molecule has 1 rings (SSSR count). The highest BCUT2D eigenvalue weighted by molar-refractivity contribution is 9.11. The molecule has 0 unspecified atom stereocenters. The minimum Gasteiger partial charge on any atom is -0.460 e. The van der Waals surface area contributed by atoms with Crippen LogP contribution in [-0.4, -0.2) is 12.5 Å². The molecule has 1 aromatic carbocycles. The van der Waals surface area contributed by atoms with Crippen molar-refractivity contribution in [3.63, 3.8) is 0 Å². The zero-order chi connectivity index (χ0) is 10.6. The Hall–Kier alpha value is -0.390. The Morgan fingerprint density at radius 2 is 1.93 bits per heavy atom. The van der Waals surface area contributed by atoms with Crippen LogP contribution in [0.1, 0.15) is 5.56 Å². The Morgan fingerprint density at radius 1 is 1.36 bits per heavy atom. The van der Waals surface area contributed by atoms with Crippen LogP contribution in [0.4, 0.5) is 0 Å². The smallest absolute Gasteiger partial charge is 0.320 e. The third kappa shape index (κ3) is 3.08. The molecule has 0 fully saturated rings. The monoisotopic (exact) mass is 321 g/mol. The summed E-state index contributed by atoms with van der Waals surface area (Å²) in [5.74, 6) is -0.410. The standard InChI is InChI=1S/C9H9Br2NO2/c10-7-2-1-3-8(11)6(7)5-14-9(13)4-12/h1-3H,4-5,12H2. The average Bonchev–Trinajstić information content (AvgIpc) is 2.16. The van der Waals surface area contributed by atoms with Crippen molar-refractivity contribution in [2.75, 3.05) is 6.54 Å². The van der Waals surface area contributed by atoms with Gasteiger partial charge >= 0.3 is 5.97 Å². The zero-order valence-electron chi connectivity index (χ0n) is 7.30. The molecule has 5 heteroatoms. The number of hydrogen-bond acceptors (Lipinski definition) is 3. The molecule has 2 N–H and O–H groups in total. The first-order chi connectivity index (χ1) is 6.65. The van der Waals surface area contributed by atoms with Gasteiger partial charge in [0.2, 0.25) is 0 Å². The van der Waals surface area contributed by atoms with Crippen LogP contribution in [0.5, 0.6) is 0 Å². The first-order valence-electron chi connectivity index (χ1n) is 3.93. The Labute approximate surface area is 98.9 Å². The molecule has 76 valence electrons. The summed E-state index contributed by atoms with van der Waals surface area (Å²) in [6, 6.07) is 5.66. The SMILES string of the molecule is NCC(=O)OCc1c(Br)cccc1Br. The van der Waals surface area contributed by atoms with Crippen LogP contribution in [0.25, 0.3) is 0 Å². The zero-order valence-corrected chi connectivity index (χ0v) is 10.5. The molecule has 0 aromatic heterocycles. The summed E-state index contributed by atoms with van der Waals surface area (Å²) in [5.41, 5.74) is 6.01. The molecule has 3 nitrogen and oxygen atoms in total. The highest BCUT2D eigenvalue weighted by Crippen LogP contribution is 2.25. The lowest BCUT2D eigenvalue weighted by molar-refractivity contribution is -0.143. The van der Waals surface area contributed by atoms with Crippen LogP contribution in [0, 0.1) is 0 Å². The largest absolute Gasteiger partial charge is 0.460 e. The van der Waals surface area contributed by atoms with E-state index in [0.717, 1.165) is 14.5 Å². The molecule has 0 aliphatic carbocycles. The Balaban J connectivity index is 2.71. The Bertz CT molecular complexity index is 321. The van der Waals surface area contributed by atoms with Crippen molar-refractivity contribution >= 4 is 37.8 Å². The number of hydrogen-bond donors (Lipinski definition) is 1. The van der Waals surface area contributed by atoms with E-state index in [1.54, 1.807) is 0 Å². The molecule has 0 aliphatic rings. The summed E-state index contributed by atoms with van der Waals surface area (Å²) < 4.78 is 6.71. The first kappa shape index (κ1) is 11.7. The van der Waals surface area contributed by atoms with E-state index < -0.39 is 5.97 Å². The van der Waals surface area contributed by atoms with E-state index >= 15 is 0 Å². The molecule has 0 atom stereocenters. The predicted molar refractivity (Wildman–Crippen MR) is 60.7 cm³/mol. The summed E-state index contributed by atoms with van der Waals surface area (Å²) in [7, 11) is 0. The summed E-state index contributed by atoms with van der Waals surface area (Å²) in [6.07, 6.45) is 0. The normalized spacial score (nSPS) is 9.93. The van der Waals surface area contributed by atoms with Crippen LogP contribution in [0.2, 0.25) is 0 Å². The van der Waals surface area contributed by atoms with Gasteiger partial charge in [0.25, 0.3) is 0 Å². The molecule has 0 saturated heterocycles. The molecule has 0 spiro atoms. The summed E-state index contributed by atoms with van der Waals surface area (Å²) >= 11 is 6.73. The molecular formula is C9H9Br2NO2. The second-order valence-corrected chi connectivity index (χ2v) is 4.27. The summed E-state index contributed by atoms with van der Waals surface area (Å²) in [6.45, 7) is 0.125. The van der Waals surface area contributed by atoms with E-state index in [9.17, 15) is 4.79 Å². The average molecular weight is 323 g/mol. The van der Waals surface area contributed by atoms with Crippen LogP contribution < -0.4 is 5.73 Å². The number of esters is 1. The Kier molecular flexibility index (Phi) is 4.57. The fourth-order valence-electron chi connectivity index (χ4n) is 0.882. The maximum Gasteiger partial charge on any atom is 0.320 e. The molecule has 0 heterocycles. The molecule has 0 radical (unpaired) electrons. The van der Waals surface area contributed by atoms with E-state index in [0.29, 0.717) is 0 Å². The van der Waals surface area contributed by atoms with Gasteiger partial charge in [0.15, 0.2) is 0 Å². The van der Waals surface area contributed by atoms with Gasteiger partial charge in [0.05, 0.1) is 6.54 Å². The molecule has 0 bridgehead atoms. The second-order valence-electron chi connectivity index (χ2n) is 2.57. The number of halogens is 2. The molecule has 0 aliphatic heterocycles. The van der Waals surface area contributed by atoms with Crippen LogP contribution >= 0.6 is 31.9 Å². The number of rotatable bonds is 3. The molecule has 0 amide bonds.